The Balaban J connectivity index is 0.00000208. The zero-order chi connectivity index (χ0) is 16.3. The van der Waals surface area contributed by atoms with E-state index in [2.05, 4.69) is 39.2 Å². The number of likely N-dealkylation sites (tertiary alicyclic amines) is 1. The quantitative estimate of drug-likeness (QED) is 0.431. The monoisotopic (exact) mass is 449 g/mol. The average molecular weight is 449 g/mol. The van der Waals surface area contributed by atoms with Gasteiger partial charge in [-0.3, -0.25) is 4.99 Å². The molecule has 8 heteroatoms. The smallest absolute Gasteiger partial charge is 0.228 e. The molecule has 3 rings (SSSR count). The highest BCUT2D eigenvalue weighted by Gasteiger charge is 2.42. The van der Waals surface area contributed by atoms with E-state index in [4.69, 9.17) is 9.26 Å². The van der Waals surface area contributed by atoms with Crippen molar-refractivity contribution in [3.05, 3.63) is 11.7 Å². The van der Waals surface area contributed by atoms with E-state index in [0.29, 0.717) is 23.6 Å². The maximum absolute atomic E-state index is 5.59. The Bertz CT molecular complexity index is 554. The van der Waals surface area contributed by atoms with E-state index in [1.54, 1.807) is 0 Å². The van der Waals surface area contributed by atoms with Crippen molar-refractivity contribution in [1.82, 2.24) is 20.4 Å². The second-order valence-electron chi connectivity index (χ2n) is 6.90. The van der Waals surface area contributed by atoms with Crippen molar-refractivity contribution >= 4 is 29.9 Å². The van der Waals surface area contributed by atoms with Crippen LogP contribution in [0.3, 0.4) is 0 Å². The lowest BCUT2D eigenvalue weighted by Gasteiger charge is -2.24. The molecule has 1 atom stereocenters. The van der Waals surface area contributed by atoms with Crippen LogP contribution in [0.1, 0.15) is 44.3 Å². The summed E-state index contributed by atoms with van der Waals surface area (Å²) in [4.78, 5) is 11.1. The molecule has 1 unspecified atom stereocenters. The largest absolute Gasteiger partial charge is 0.381 e. The Hall–Kier alpha value is -0.900. The van der Waals surface area contributed by atoms with Crippen molar-refractivity contribution in [1.29, 1.82) is 0 Å². The average Bonchev–Trinajstić information content (AvgIpc) is 3.26. The van der Waals surface area contributed by atoms with Crippen LogP contribution in [0.4, 0.5) is 0 Å². The Kier molecular flexibility index (Phi) is 6.85. The highest BCUT2D eigenvalue weighted by molar-refractivity contribution is 14.0. The van der Waals surface area contributed by atoms with Gasteiger partial charge in [-0.25, -0.2) is 0 Å². The number of halogens is 1. The van der Waals surface area contributed by atoms with E-state index in [9.17, 15) is 0 Å². The third-order valence-electron chi connectivity index (χ3n) is 4.76. The molecule has 2 saturated heterocycles. The Morgan fingerprint density at radius 2 is 2.25 bits per heavy atom. The molecule has 1 N–H and O–H groups in total. The van der Waals surface area contributed by atoms with E-state index in [1.807, 2.05) is 7.05 Å². The molecule has 1 aromatic heterocycles. The van der Waals surface area contributed by atoms with Crippen molar-refractivity contribution in [3.63, 3.8) is 0 Å². The molecule has 136 valence electrons. The minimum absolute atomic E-state index is 0. The van der Waals surface area contributed by atoms with Crippen molar-refractivity contribution in [3.8, 4) is 0 Å². The fourth-order valence-electron chi connectivity index (χ4n) is 3.30. The summed E-state index contributed by atoms with van der Waals surface area (Å²) < 4.78 is 10.9. The van der Waals surface area contributed by atoms with Gasteiger partial charge in [0.25, 0.3) is 0 Å². The van der Waals surface area contributed by atoms with E-state index < -0.39 is 0 Å². The summed E-state index contributed by atoms with van der Waals surface area (Å²) in [6, 6.07) is 0. The van der Waals surface area contributed by atoms with E-state index in [0.717, 1.165) is 44.6 Å². The first-order chi connectivity index (χ1) is 11.1. The molecule has 1 spiro atoms. The van der Waals surface area contributed by atoms with E-state index in [-0.39, 0.29) is 24.0 Å². The first-order valence-electron chi connectivity index (χ1n) is 8.48. The van der Waals surface area contributed by atoms with Crippen molar-refractivity contribution in [2.24, 2.45) is 10.4 Å². The van der Waals surface area contributed by atoms with Gasteiger partial charge in [-0.2, -0.15) is 4.98 Å². The Labute approximate surface area is 160 Å². The van der Waals surface area contributed by atoms with Crippen LogP contribution in [0.15, 0.2) is 9.52 Å². The maximum atomic E-state index is 5.59. The SMILES string of the molecule is CN=C(NCCc1nc(C(C)C)no1)N1CCC2(CCOC2)C1.I. The van der Waals surface area contributed by atoms with E-state index >= 15 is 0 Å². The molecule has 0 saturated carbocycles. The lowest BCUT2D eigenvalue weighted by atomic mass is 9.87. The fraction of sp³-hybridized carbons (Fsp3) is 0.812. The summed E-state index contributed by atoms with van der Waals surface area (Å²) in [5.74, 6) is 2.70. The molecule has 2 fully saturated rings. The number of aliphatic imine (C=N–C) groups is 1. The highest BCUT2D eigenvalue weighted by atomic mass is 127. The molecule has 0 bridgehead atoms. The minimum atomic E-state index is 0. The summed E-state index contributed by atoms with van der Waals surface area (Å²) in [6.45, 7) is 8.73. The van der Waals surface area contributed by atoms with Crippen LogP contribution in [0, 0.1) is 5.41 Å². The molecule has 2 aliphatic heterocycles. The normalized spacial score (nSPS) is 24.0. The van der Waals surface area contributed by atoms with Crippen molar-refractivity contribution in [2.45, 2.75) is 39.0 Å². The van der Waals surface area contributed by atoms with Gasteiger partial charge < -0.3 is 19.5 Å². The first-order valence-corrected chi connectivity index (χ1v) is 8.48. The van der Waals surface area contributed by atoms with Crippen LogP contribution in [0.5, 0.6) is 0 Å². The van der Waals surface area contributed by atoms with Gasteiger partial charge in [-0.05, 0) is 12.8 Å². The molecule has 0 aromatic carbocycles. The number of rotatable bonds is 4. The molecule has 3 heterocycles. The molecular formula is C16H28IN5O2. The summed E-state index contributed by atoms with van der Waals surface area (Å²) >= 11 is 0. The lowest BCUT2D eigenvalue weighted by molar-refractivity contribution is 0.156. The number of nitrogens with zero attached hydrogens (tertiary/aromatic N) is 4. The zero-order valence-electron chi connectivity index (χ0n) is 14.7. The third kappa shape index (κ3) is 4.38. The maximum Gasteiger partial charge on any atom is 0.228 e. The number of hydrogen-bond acceptors (Lipinski definition) is 5. The van der Waals surface area contributed by atoms with Gasteiger partial charge in [0.1, 0.15) is 0 Å². The zero-order valence-corrected chi connectivity index (χ0v) is 17.1. The molecule has 0 radical (unpaired) electrons. The molecule has 7 nitrogen and oxygen atoms in total. The fourth-order valence-corrected chi connectivity index (χ4v) is 3.30. The van der Waals surface area contributed by atoms with Crippen molar-refractivity contribution < 1.29 is 9.26 Å². The number of ether oxygens (including phenoxy) is 1. The molecule has 0 aliphatic carbocycles. The molecule has 1 aromatic rings. The predicted octanol–water partition coefficient (Wildman–Crippen LogP) is 2.04. The topological polar surface area (TPSA) is 75.8 Å². The van der Waals surface area contributed by atoms with Crippen LogP contribution in [0.25, 0.3) is 0 Å². The van der Waals surface area contributed by atoms with Crippen LogP contribution in [0.2, 0.25) is 0 Å². The molecule has 24 heavy (non-hydrogen) atoms. The summed E-state index contributed by atoms with van der Waals surface area (Å²) in [7, 11) is 1.84. The van der Waals surface area contributed by atoms with Crippen LogP contribution >= 0.6 is 24.0 Å². The summed E-state index contributed by atoms with van der Waals surface area (Å²) in [5, 5.41) is 7.40. The minimum Gasteiger partial charge on any atom is -0.381 e. The van der Waals surface area contributed by atoms with Gasteiger partial charge >= 0.3 is 0 Å². The van der Waals surface area contributed by atoms with Gasteiger partial charge in [0.2, 0.25) is 5.89 Å². The van der Waals surface area contributed by atoms with Gasteiger partial charge in [-0.15, -0.1) is 24.0 Å². The first kappa shape index (κ1) is 19.4. The van der Waals surface area contributed by atoms with Gasteiger partial charge in [0, 0.05) is 51.0 Å². The number of nitrogens with one attached hydrogen (secondary N) is 1. The van der Waals surface area contributed by atoms with Crippen molar-refractivity contribution in [2.75, 3.05) is 39.9 Å². The van der Waals surface area contributed by atoms with Crippen LogP contribution < -0.4 is 5.32 Å². The van der Waals surface area contributed by atoms with Gasteiger partial charge in [-0.1, -0.05) is 19.0 Å². The Morgan fingerprint density at radius 1 is 1.42 bits per heavy atom. The number of guanidine groups is 1. The summed E-state index contributed by atoms with van der Waals surface area (Å²) in [5.41, 5.74) is 0.344. The van der Waals surface area contributed by atoms with E-state index in [1.165, 1.54) is 12.8 Å². The predicted molar refractivity (Wildman–Crippen MR) is 103 cm³/mol. The Morgan fingerprint density at radius 3 is 2.88 bits per heavy atom. The van der Waals surface area contributed by atoms with Gasteiger partial charge in [0.15, 0.2) is 11.8 Å². The highest BCUT2D eigenvalue weighted by Crippen LogP contribution is 2.38. The van der Waals surface area contributed by atoms with Gasteiger partial charge in [0.05, 0.1) is 6.61 Å². The van der Waals surface area contributed by atoms with Crippen LogP contribution in [-0.2, 0) is 11.2 Å². The number of aromatic nitrogens is 2. The number of hydrogen-bond donors (Lipinski definition) is 1. The molecular weight excluding hydrogens is 421 g/mol. The molecule has 0 amide bonds. The second kappa shape index (κ2) is 8.46. The second-order valence-corrected chi connectivity index (χ2v) is 6.90. The summed E-state index contributed by atoms with van der Waals surface area (Å²) in [6.07, 6.45) is 3.07. The standard InChI is InChI=1S/C16H27N5O2.HI/c1-12(2)14-19-13(23-20-14)4-7-18-15(17-3)21-8-5-16(10-21)6-9-22-11-16;/h12H,4-11H2,1-3H3,(H,17,18);1H. The van der Waals surface area contributed by atoms with Crippen LogP contribution in [-0.4, -0.2) is 60.9 Å². The molecule has 2 aliphatic rings. The lowest BCUT2D eigenvalue weighted by Crippen LogP contribution is -2.42. The third-order valence-corrected chi connectivity index (χ3v) is 4.76.